The number of nitrogens with one attached hydrogen (secondary N) is 1. The van der Waals surface area contributed by atoms with Crippen LogP contribution in [0.2, 0.25) is 0 Å². The molecule has 1 N–H and O–H groups in total. The number of fused-ring (bicyclic) bond motifs is 1. The number of nitrogens with zero attached hydrogens (tertiary/aromatic N) is 3. The van der Waals surface area contributed by atoms with E-state index in [-0.39, 0.29) is 0 Å². The Hall–Kier alpha value is -3.12. The molecule has 136 valence electrons. The van der Waals surface area contributed by atoms with E-state index in [2.05, 4.69) is 44.5 Å². The van der Waals surface area contributed by atoms with Gasteiger partial charge in [-0.1, -0.05) is 6.58 Å². The molecule has 0 atom stereocenters. The van der Waals surface area contributed by atoms with Crippen LogP contribution < -0.4 is 5.32 Å². The largest absolute Gasteiger partial charge is 0.494 e. The summed E-state index contributed by atoms with van der Waals surface area (Å²) in [7, 11) is 0. The minimum absolute atomic E-state index is 0.573. The summed E-state index contributed by atoms with van der Waals surface area (Å²) in [5, 5.41) is 8.54. The van der Waals surface area contributed by atoms with E-state index in [1.54, 1.807) is 11.3 Å². The van der Waals surface area contributed by atoms with Crippen LogP contribution in [-0.2, 0) is 11.3 Å². The predicted octanol–water partition coefficient (Wildman–Crippen LogP) is 5.29. The molecule has 0 radical (unpaired) electrons. The van der Waals surface area contributed by atoms with Crippen LogP contribution in [-0.4, -0.2) is 21.1 Å². The molecule has 4 rings (SSSR count). The Morgan fingerprint density at radius 3 is 2.81 bits per heavy atom. The average Bonchev–Trinajstić information content (AvgIpc) is 3.33. The molecule has 4 aromatic rings. The molecule has 0 amide bonds. The summed E-state index contributed by atoms with van der Waals surface area (Å²) >= 11 is 1.70. The van der Waals surface area contributed by atoms with E-state index in [0.717, 1.165) is 28.8 Å². The van der Waals surface area contributed by atoms with Gasteiger partial charge in [0.15, 0.2) is 0 Å². The van der Waals surface area contributed by atoms with Gasteiger partial charge in [-0.15, -0.1) is 0 Å². The Bertz CT molecular complexity index is 1050. The third-order valence-corrected chi connectivity index (χ3v) is 4.95. The molecule has 0 spiro atoms. The van der Waals surface area contributed by atoms with E-state index in [1.807, 2.05) is 43.5 Å². The van der Waals surface area contributed by atoms with Crippen molar-refractivity contribution in [3.63, 3.8) is 0 Å². The lowest BCUT2D eigenvalue weighted by Crippen LogP contribution is -2.01. The van der Waals surface area contributed by atoms with Gasteiger partial charge in [-0.3, -0.25) is 0 Å². The lowest BCUT2D eigenvalue weighted by atomic mass is 10.2. The lowest BCUT2D eigenvalue weighted by Gasteiger charge is -2.09. The predicted molar refractivity (Wildman–Crippen MR) is 111 cm³/mol. The number of anilines is 2. The molecule has 0 aliphatic rings. The zero-order valence-corrected chi connectivity index (χ0v) is 15.9. The van der Waals surface area contributed by atoms with Gasteiger partial charge in [-0.25, -0.2) is 4.98 Å². The van der Waals surface area contributed by atoms with Crippen molar-refractivity contribution >= 4 is 39.8 Å². The normalized spacial score (nSPS) is 10.9. The van der Waals surface area contributed by atoms with Gasteiger partial charge < -0.3 is 14.6 Å². The molecule has 3 heterocycles. The number of aromatic nitrogens is 3. The van der Waals surface area contributed by atoms with Gasteiger partial charge >= 0.3 is 0 Å². The van der Waals surface area contributed by atoms with Gasteiger partial charge in [0.25, 0.3) is 0 Å². The van der Waals surface area contributed by atoms with Crippen molar-refractivity contribution in [1.82, 2.24) is 14.5 Å². The van der Waals surface area contributed by atoms with Crippen molar-refractivity contribution in [2.24, 2.45) is 0 Å². The first-order chi connectivity index (χ1) is 13.2. The van der Waals surface area contributed by atoms with Crippen LogP contribution in [0.5, 0.6) is 0 Å². The summed E-state index contributed by atoms with van der Waals surface area (Å²) in [5.74, 6) is 1.25. The second kappa shape index (κ2) is 7.63. The first-order valence-electron chi connectivity index (χ1n) is 8.75. The third-order valence-electron chi connectivity index (χ3n) is 4.22. The van der Waals surface area contributed by atoms with Crippen molar-refractivity contribution in [2.45, 2.75) is 13.5 Å². The van der Waals surface area contributed by atoms with Gasteiger partial charge in [0.05, 0.1) is 6.61 Å². The van der Waals surface area contributed by atoms with Gasteiger partial charge in [0.2, 0.25) is 5.95 Å². The molecule has 6 heteroatoms. The molecule has 27 heavy (non-hydrogen) atoms. The van der Waals surface area contributed by atoms with Crippen LogP contribution >= 0.6 is 11.3 Å². The van der Waals surface area contributed by atoms with E-state index in [1.165, 1.54) is 5.56 Å². The molecular weight excluding hydrogens is 356 g/mol. The summed E-state index contributed by atoms with van der Waals surface area (Å²) < 4.78 is 7.58. The maximum absolute atomic E-state index is 5.44. The van der Waals surface area contributed by atoms with Gasteiger partial charge in [-0.2, -0.15) is 16.3 Å². The number of hydrogen-bond donors (Lipinski definition) is 1. The van der Waals surface area contributed by atoms with Crippen LogP contribution in [0, 0.1) is 0 Å². The summed E-state index contributed by atoms with van der Waals surface area (Å²) in [6.07, 6.45) is 3.90. The van der Waals surface area contributed by atoms with Crippen molar-refractivity contribution in [1.29, 1.82) is 0 Å². The van der Waals surface area contributed by atoms with Crippen molar-refractivity contribution in [2.75, 3.05) is 11.9 Å². The first-order valence-corrected chi connectivity index (χ1v) is 9.69. The summed E-state index contributed by atoms with van der Waals surface area (Å²) in [6.45, 7) is 7.29. The van der Waals surface area contributed by atoms with E-state index >= 15 is 0 Å². The number of ether oxygens (including phenoxy) is 1. The van der Waals surface area contributed by atoms with E-state index in [4.69, 9.17) is 9.72 Å². The topological polar surface area (TPSA) is 52.0 Å². The molecule has 0 aliphatic heterocycles. The molecule has 0 aliphatic carbocycles. The standard InChI is InChI=1S/C21H20N4OS/c1-3-26-15(2)17-4-6-19(7-5-17)23-21-22-12-18-8-10-25(20(18)24-21)13-16-9-11-27-14-16/h4-12,14H,2-3,13H2,1H3,(H,22,23,24). The molecule has 0 unspecified atom stereocenters. The first kappa shape index (κ1) is 17.3. The van der Waals surface area contributed by atoms with E-state index in [9.17, 15) is 0 Å². The Kier molecular flexibility index (Phi) is 4.89. The lowest BCUT2D eigenvalue weighted by molar-refractivity contribution is 0.299. The molecular formula is C21H20N4OS. The summed E-state index contributed by atoms with van der Waals surface area (Å²) in [6, 6.07) is 12.1. The fraction of sp³-hybridized carbons (Fsp3) is 0.143. The molecule has 3 aromatic heterocycles. The maximum Gasteiger partial charge on any atom is 0.229 e. The zero-order valence-electron chi connectivity index (χ0n) is 15.1. The maximum atomic E-state index is 5.44. The smallest absolute Gasteiger partial charge is 0.229 e. The van der Waals surface area contributed by atoms with E-state index in [0.29, 0.717) is 18.3 Å². The average molecular weight is 376 g/mol. The summed E-state index contributed by atoms with van der Waals surface area (Å²) in [4.78, 5) is 9.12. The Balaban J connectivity index is 1.54. The van der Waals surface area contributed by atoms with Gasteiger partial charge in [0, 0.05) is 35.6 Å². The highest BCUT2D eigenvalue weighted by atomic mass is 32.1. The van der Waals surface area contributed by atoms with Gasteiger partial charge in [-0.05, 0) is 59.6 Å². The second-order valence-corrected chi connectivity index (χ2v) is 6.89. The highest BCUT2D eigenvalue weighted by Gasteiger charge is 2.07. The Morgan fingerprint density at radius 1 is 1.22 bits per heavy atom. The van der Waals surface area contributed by atoms with Crippen molar-refractivity contribution < 1.29 is 4.74 Å². The fourth-order valence-corrected chi connectivity index (χ4v) is 3.52. The van der Waals surface area contributed by atoms with Crippen molar-refractivity contribution in [3.05, 3.63) is 77.3 Å². The van der Waals surface area contributed by atoms with Crippen LogP contribution in [0.3, 0.4) is 0 Å². The zero-order chi connectivity index (χ0) is 18.6. The summed E-state index contributed by atoms with van der Waals surface area (Å²) in [5.41, 5.74) is 4.07. The quantitative estimate of drug-likeness (QED) is 0.445. The SMILES string of the molecule is C=C(OCC)c1ccc(Nc2ncc3ccn(Cc4ccsc4)c3n2)cc1. The van der Waals surface area contributed by atoms with Crippen LogP contribution in [0.15, 0.2) is 66.1 Å². The highest BCUT2D eigenvalue weighted by molar-refractivity contribution is 7.07. The number of benzene rings is 1. The van der Waals surface area contributed by atoms with E-state index < -0.39 is 0 Å². The molecule has 0 saturated carbocycles. The Morgan fingerprint density at radius 2 is 2.07 bits per heavy atom. The minimum Gasteiger partial charge on any atom is -0.494 e. The van der Waals surface area contributed by atoms with Gasteiger partial charge in [0.1, 0.15) is 11.4 Å². The van der Waals surface area contributed by atoms with Crippen LogP contribution in [0.25, 0.3) is 16.8 Å². The number of hydrogen-bond acceptors (Lipinski definition) is 5. The van der Waals surface area contributed by atoms with Crippen LogP contribution in [0.1, 0.15) is 18.1 Å². The second-order valence-electron chi connectivity index (χ2n) is 6.11. The number of rotatable bonds is 7. The molecule has 1 aromatic carbocycles. The molecule has 0 saturated heterocycles. The highest BCUT2D eigenvalue weighted by Crippen LogP contribution is 2.21. The van der Waals surface area contributed by atoms with Crippen molar-refractivity contribution in [3.8, 4) is 0 Å². The third kappa shape index (κ3) is 3.85. The Labute approximate surface area is 162 Å². The van der Waals surface area contributed by atoms with Crippen LogP contribution in [0.4, 0.5) is 11.6 Å². The monoisotopic (exact) mass is 376 g/mol. The molecule has 5 nitrogen and oxygen atoms in total. The molecule has 0 bridgehead atoms. The fourth-order valence-electron chi connectivity index (χ4n) is 2.86. The number of thiophene rings is 1. The molecule has 0 fully saturated rings. The minimum atomic E-state index is 0.573.